The second-order valence-electron chi connectivity index (χ2n) is 4.35. The molecular formula is C14H16BrN3OS. The first-order chi connectivity index (χ1) is 9.61. The van der Waals surface area contributed by atoms with Crippen LogP contribution in [0.25, 0.3) is 0 Å². The Morgan fingerprint density at radius 3 is 3.00 bits per heavy atom. The molecule has 2 aromatic heterocycles. The maximum absolute atomic E-state index is 12.5. The minimum Gasteiger partial charge on any atom is -0.370 e. The van der Waals surface area contributed by atoms with Gasteiger partial charge in [-0.2, -0.15) is 0 Å². The van der Waals surface area contributed by atoms with Gasteiger partial charge in [0.1, 0.15) is 5.82 Å². The van der Waals surface area contributed by atoms with E-state index in [0.29, 0.717) is 17.9 Å². The van der Waals surface area contributed by atoms with Crippen LogP contribution in [0.2, 0.25) is 0 Å². The van der Waals surface area contributed by atoms with Crippen molar-refractivity contribution in [2.24, 2.45) is 0 Å². The van der Waals surface area contributed by atoms with E-state index in [1.807, 2.05) is 18.4 Å². The Morgan fingerprint density at radius 1 is 1.55 bits per heavy atom. The molecule has 0 saturated heterocycles. The van der Waals surface area contributed by atoms with Crippen molar-refractivity contribution in [1.29, 1.82) is 0 Å². The van der Waals surface area contributed by atoms with E-state index in [4.69, 9.17) is 0 Å². The molecule has 1 amide bonds. The summed E-state index contributed by atoms with van der Waals surface area (Å²) in [6.45, 7) is 3.30. The number of aromatic nitrogens is 1. The smallest absolute Gasteiger partial charge is 0.257 e. The van der Waals surface area contributed by atoms with Gasteiger partial charge in [0.2, 0.25) is 0 Å². The van der Waals surface area contributed by atoms with Crippen LogP contribution < -0.4 is 5.32 Å². The lowest BCUT2D eigenvalue weighted by Crippen LogP contribution is -2.27. The number of hydrogen-bond acceptors (Lipinski definition) is 4. The maximum atomic E-state index is 12.5. The number of nitrogens with one attached hydrogen (secondary N) is 1. The molecule has 0 radical (unpaired) electrons. The van der Waals surface area contributed by atoms with Crippen molar-refractivity contribution >= 4 is 39.0 Å². The molecule has 1 N–H and O–H groups in total. The summed E-state index contributed by atoms with van der Waals surface area (Å²) in [6.07, 6.45) is 1.69. The Labute approximate surface area is 131 Å². The number of rotatable bonds is 5. The van der Waals surface area contributed by atoms with Crippen molar-refractivity contribution in [2.75, 3.05) is 18.9 Å². The fraction of sp³-hybridized carbons (Fsp3) is 0.286. The third kappa shape index (κ3) is 3.58. The Bertz CT molecular complexity index is 600. The van der Waals surface area contributed by atoms with Crippen LogP contribution in [-0.2, 0) is 6.54 Å². The van der Waals surface area contributed by atoms with Crippen LogP contribution in [0, 0.1) is 0 Å². The van der Waals surface area contributed by atoms with E-state index < -0.39 is 0 Å². The van der Waals surface area contributed by atoms with Crippen LogP contribution in [0.15, 0.2) is 33.6 Å². The average molecular weight is 354 g/mol. The monoisotopic (exact) mass is 353 g/mol. The highest BCUT2D eigenvalue weighted by molar-refractivity contribution is 9.11. The summed E-state index contributed by atoms with van der Waals surface area (Å²) in [5.74, 6) is 0.606. The van der Waals surface area contributed by atoms with E-state index in [9.17, 15) is 4.79 Å². The molecule has 0 aliphatic carbocycles. The highest BCUT2D eigenvalue weighted by atomic mass is 79.9. The van der Waals surface area contributed by atoms with Crippen LogP contribution in [0.1, 0.15) is 22.8 Å². The van der Waals surface area contributed by atoms with Crippen molar-refractivity contribution in [3.05, 3.63) is 44.7 Å². The Balaban J connectivity index is 2.14. The van der Waals surface area contributed by atoms with Gasteiger partial charge < -0.3 is 10.2 Å². The second kappa shape index (κ2) is 6.85. The van der Waals surface area contributed by atoms with Crippen LogP contribution in [0.5, 0.6) is 0 Å². The first kappa shape index (κ1) is 15.0. The molecule has 2 heterocycles. The van der Waals surface area contributed by atoms with E-state index in [2.05, 4.69) is 26.2 Å². The number of carbonyl (C=O) groups is 1. The molecule has 0 fully saturated rings. The summed E-state index contributed by atoms with van der Waals surface area (Å²) < 4.78 is 1.07. The van der Waals surface area contributed by atoms with Crippen LogP contribution in [0.4, 0.5) is 5.82 Å². The molecule has 4 nitrogen and oxygen atoms in total. The predicted molar refractivity (Wildman–Crippen MR) is 86.2 cm³/mol. The third-order valence-electron chi connectivity index (χ3n) is 2.77. The van der Waals surface area contributed by atoms with Gasteiger partial charge in [-0.3, -0.25) is 4.79 Å². The van der Waals surface area contributed by atoms with Gasteiger partial charge in [0.25, 0.3) is 5.91 Å². The lowest BCUT2D eigenvalue weighted by atomic mass is 10.2. The minimum absolute atomic E-state index is 0.0311. The van der Waals surface area contributed by atoms with Gasteiger partial charge in [-0.15, -0.1) is 11.3 Å². The molecule has 0 spiro atoms. The zero-order chi connectivity index (χ0) is 14.5. The highest BCUT2D eigenvalue weighted by Gasteiger charge is 2.16. The van der Waals surface area contributed by atoms with Crippen LogP contribution in [0.3, 0.4) is 0 Å². The summed E-state index contributed by atoms with van der Waals surface area (Å²) in [5, 5.41) is 5.16. The molecule has 0 aromatic carbocycles. The zero-order valence-electron chi connectivity index (χ0n) is 11.4. The Kier molecular flexibility index (Phi) is 5.14. The normalized spacial score (nSPS) is 10.3. The SMILES string of the molecule is CCNc1ncccc1C(=O)N(C)Cc1csc(Br)c1. The van der Waals surface area contributed by atoms with Crippen molar-refractivity contribution in [2.45, 2.75) is 13.5 Å². The van der Waals surface area contributed by atoms with Crippen molar-refractivity contribution in [3.8, 4) is 0 Å². The largest absolute Gasteiger partial charge is 0.370 e. The van der Waals surface area contributed by atoms with E-state index in [1.54, 1.807) is 41.6 Å². The molecule has 0 aliphatic heterocycles. The number of hydrogen-bond donors (Lipinski definition) is 1. The Morgan fingerprint density at radius 2 is 2.35 bits per heavy atom. The number of amides is 1. The number of carbonyl (C=O) groups excluding carboxylic acids is 1. The molecular weight excluding hydrogens is 338 g/mol. The number of anilines is 1. The quantitative estimate of drug-likeness (QED) is 0.892. The molecule has 20 heavy (non-hydrogen) atoms. The highest BCUT2D eigenvalue weighted by Crippen LogP contribution is 2.22. The lowest BCUT2D eigenvalue weighted by Gasteiger charge is -2.18. The van der Waals surface area contributed by atoms with Crippen molar-refractivity contribution < 1.29 is 4.79 Å². The topological polar surface area (TPSA) is 45.2 Å². The van der Waals surface area contributed by atoms with E-state index in [1.165, 1.54) is 0 Å². The summed E-state index contributed by atoms with van der Waals surface area (Å²) in [6, 6.07) is 5.61. The predicted octanol–water partition coefficient (Wildman–Crippen LogP) is 3.61. The minimum atomic E-state index is -0.0311. The molecule has 2 rings (SSSR count). The number of thiophene rings is 1. The maximum Gasteiger partial charge on any atom is 0.257 e. The molecule has 0 bridgehead atoms. The van der Waals surface area contributed by atoms with Gasteiger partial charge in [-0.25, -0.2) is 4.98 Å². The zero-order valence-corrected chi connectivity index (χ0v) is 13.8. The number of pyridine rings is 1. The van der Waals surface area contributed by atoms with E-state index in [-0.39, 0.29) is 5.91 Å². The fourth-order valence-electron chi connectivity index (χ4n) is 1.87. The van der Waals surface area contributed by atoms with Gasteiger partial charge in [0.05, 0.1) is 9.35 Å². The van der Waals surface area contributed by atoms with Gasteiger partial charge in [0, 0.05) is 26.3 Å². The molecule has 6 heteroatoms. The molecule has 0 atom stereocenters. The average Bonchev–Trinajstić information content (AvgIpc) is 2.84. The fourth-order valence-corrected chi connectivity index (χ4v) is 3.07. The van der Waals surface area contributed by atoms with Crippen LogP contribution in [-0.4, -0.2) is 29.4 Å². The molecule has 0 unspecified atom stereocenters. The standard InChI is InChI=1S/C14H16BrN3OS/c1-3-16-13-11(5-4-6-17-13)14(19)18(2)8-10-7-12(15)20-9-10/h4-7,9H,3,8H2,1-2H3,(H,16,17). The van der Waals surface area contributed by atoms with Crippen LogP contribution >= 0.6 is 27.3 Å². The van der Waals surface area contributed by atoms with Gasteiger partial charge >= 0.3 is 0 Å². The lowest BCUT2D eigenvalue weighted by molar-refractivity contribution is 0.0786. The van der Waals surface area contributed by atoms with Crippen molar-refractivity contribution in [1.82, 2.24) is 9.88 Å². The Hall–Kier alpha value is -1.40. The third-order valence-corrected chi connectivity index (χ3v) is 4.32. The second-order valence-corrected chi connectivity index (χ2v) is 6.64. The number of halogens is 1. The molecule has 2 aromatic rings. The van der Waals surface area contributed by atoms with Crippen molar-refractivity contribution in [3.63, 3.8) is 0 Å². The first-order valence-electron chi connectivity index (χ1n) is 6.29. The summed E-state index contributed by atoms with van der Waals surface area (Å²) in [7, 11) is 1.80. The summed E-state index contributed by atoms with van der Waals surface area (Å²) in [5.41, 5.74) is 1.72. The first-order valence-corrected chi connectivity index (χ1v) is 7.96. The summed E-state index contributed by atoms with van der Waals surface area (Å²) in [4.78, 5) is 18.4. The van der Waals surface area contributed by atoms with Gasteiger partial charge in [0.15, 0.2) is 0 Å². The van der Waals surface area contributed by atoms with Gasteiger partial charge in [-0.05, 0) is 52.0 Å². The summed E-state index contributed by atoms with van der Waals surface area (Å²) >= 11 is 5.05. The number of nitrogens with zero attached hydrogens (tertiary/aromatic N) is 2. The van der Waals surface area contributed by atoms with E-state index >= 15 is 0 Å². The van der Waals surface area contributed by atoms with E-state index in [0.717, 1.165) is 15.9 Å². The van der Waals surface area contributed by atoms with Gasteiger partial charge in [-0.1, -0.05) is 0 Å². The molecule has 0 aliphatic rings. The molecule has 106 valence electrons. The molecule has 0 saturated carbocycles.